The maximum absolute atomic E-state index is 12.8. The first-order valence-corrected chi connectivity index (χ1v) is 11.5. The third-order valence-corrected chi connectivity index (χ3v) is 6.87. The molecule has 1 heterocycles. The Labute approximate surface area is 185 Å². The monoisotopic (exact) mass is 461 g/mol. The van der Waals surface area contributed by atoms with Crippen LogP contribution in [0.5, 0.6) is 0 Å². The Balaban J connectivity index is 1.95. The van der Waals surface area contributed by atoms with Crippen LogP contribution in [0.15, 0.2) is 75.4 Å². The molecule has 1 saturated heterocycles. The molecule has 1 aliphatic heterocycles. The largest absolute Gasteiger partial charge is 0.378 e. The van der Waals surface area contributed by atoms with Crippen molar-refractivity contribution in [2.75, 3.05) is 25.5 Å². The van der Waals surface area contributed by atoms with Crippen LogP contribution >= 0.6 is 23.4 Å². The number of hydrogen-bond acceptors (Lipinski definition) is 5. The smallest absolute Gasteiger partial charge is 0.284 e. The Morgan fingerprint density at radius 2 is 1.77 bits per heavy atom. The first-order chi connectivity index (χ1) is 14.2. The van der Waals surface area contributed by atoms with E-state index in [1.807, 2.05) is 43.3 Å². The molecule has 0 saturated carbocycles. The van der Waals surface area contributed by atoms with Crippen molar-refractivity contribution in [3.8, 4) is 0 Å². The third-order valence-electron chi connectivity index (χ3n) is 4.22. The molecule has 0 spiro atoms. The highest BCUT2D eigenvalue weighted by Gasteiger charge is 2.34. The van der Waals surface area contributed by atoms with Crippen LogP contribution in [0.3, 0.4) is 0 Å². The number of halogens is 1. The molecule has 2 aromatic rings. The maximum atomic E-state index is 12.8. The van der Waals surface area contributed by atoms with E-state index in [-0.39, 0.29) is 22.5 Å². The fourth-order valence-electron chi connectivity index (χ4n) is 2.65. The predicted molar refractivity (Wildman–Crippen MR) is 124 cm³/mol. The number of amides is 1. The summed E-state index contributed by atoms with van der Waals surface area (Å²) < 4.78 is 29.3. The third kappa shape index (κ3) is 4.95. The number of sulfonamides is 1. The van der Waals surface area contributed by atoms with Gasteiger partial charge in [-0.2, -0.15) is 8.42 Å². The van der Waals surface area contributed by atoms with Crippen molar-refractivity contribution in [3.63, 3.8) is 0 Å². The molecule has 1 aliphatic rings. The quantitative estimate of drug-likeness (QED) is 0.475. The van der Waals surface area contributed by atoms with Gasteiger partial charge in [0.2, 0.25) is 0 Å². The second-order valence-corrected chi connectivity index (χ2v) is 9.65. The minimum atomic E-state index is -4.00. The maximum Gasteiger partial charge on any atom is 0.284 e. The predicted octanol–water partition coefficient (Wildman–Crippen LogP) is 4.25. The Hall–Kier alpha value is -2.55. The van der Waals surface area contributed by atoms with E-state index in [2.05, 4.69) is 11.0 Å². The molecule has 0 aliphatic carbocycles. The summed E-state index contributed by atoms with van der Waals surface area (Å²) in [5, 5.41) is 0.511. The summed E-state index contributed by atoms with van der Waals surface area (Å²) >= 11 is 6.85. The zero-order valence-electron chi connectivity index (χ0n) is 16.4. The Kier molecular flexibility index (Phi) is 6.70. The first-order valence-electron chi connectivity index (χ1n) is 8.91. The number of amidine groups is 1. The van der Waals surface area contributed by atoms with Crippen LogP contribution < -0.4 is 4.90 Å². The van der Waals surface area contributed by atoms with Gasteiger partial charge in [0.05, 0.1) is 9.80 Å². The zero-order chi connectivity index (χ0) is 21.9. The summed E-state index contributed by atoms with van der Waals surface area (Å²) in [6.07, 6.45) is 3.25. The first kappa shape index (κ1) is 22.1. The molecule has 0 aromatic heterocycles. The molecular weight excluding hydrogens is 442 g/mol. The second-order valence-electron chi connectivity index (χ2n) is 6.60. The Bertz CT molecular complexity index is 1120. The van der Waals surface area contributed by atoms with Gasteiger partial charge >= 0.3 is 0 Å². The van der Waals surface area contributed by atoms with Crippen molar-refractivity contribution in [3.05, 3.63) is 76.7 Å². The normalized spacial score (nSPS) is 17.0. The van der Waals surface area contributed by atoms with Crippen molar-refractivity contribution < 1.29 is 13.2 Å². The molecule has 1 amide bonds. The van der Waals surface area contributed by atoms with E-state index < -0.39 is 10.0 Å². The van der Waals surface area contributed by atoms with E-state index in [4.69, 9.17) is 11.6 Å². The average Bonchev–Trinajstić information content (AvgIpc) is 2.97. The molecule has 3 rings (SSSR count). The van der Waals surface area contributed by atoms with E-state index in [0.717, 1.165) is 23.0 Å². The van der Waals surface area contributed by atoms with E-state index >= 15 is 0 Å². The van der Waals surface area contributed by atoms with Crippen LogP contribution in [0.2, 0.25) is 5.02 Å². The summed E-state index contributed by atoms with van der Waals surface area (Å²) in [7, 11) is -0.108. The van der Waals surface area contributed by atoms with Crippen LogP contribution in [0, 0.1) is 0 Å². The molecule has 1 fully saturated rings. The summed E-state index contributed by atoms with van der Waals surface area (Å²) in [6, 6.07) is 13.4. The van der Waals surface area contributed by atoms with E-state index in [1.54, 1.807) is 6.08 Å². The number of benzene rings is 2. The Morgan fingerprint density at radius 1 is 1.13 bits per heavy atom. The SMILES string of the molecule is C=CCN1C(=O)C(=Cc2ccc(N(C)C)cc2)SC1=NS(=O)(=O)c1ccc(Cl)cc1. The molecule has 2 aromatic carbocycles. The van der Waals surface area contributed by atoms with Gasteiger partial charge in [0, 0.05) is 31.4 Å². The van der Waals surface area contributed by atoms with Gasteiger partial charge in [-0.05, 0) is 59.8 Å². The molecule has 30 heavy (non-hydrogen) atoms. The van der Waals surface area contributed by atoms with Crippen molar-refractivity contribution in [2.24, 2.45) is 4.40 Å². The van der Waals surface area contributed by atoms with Crippen molar-refractivity contribution in [2.45, 2.75) is 4.90 Å². The highest BCUT2D eigenvalue weighted by molar-refractivity contribution is 8.19. The number of rotatable bonds is 6. The summed E-state index contributed by atoms with van der Waals surface area (Å²) in [4.78, 5) is 16.5. The van der Waals surface area contributed by atoms with Crippen LogP contribution in [-0.4, -0.2) is 45.0 Å². The fourth-order valence-corrected chi connectivity index (χ4v) is 4.96. The average molecular weight is 462 g/mol. The summed E-state index contributed by atoms with van der Waals surface area (Å²) in [5.74, 6) is -0.318. The standard InChI is InChI=1S/C21H20ClN3O3S2/c1-4-13-25-20(26)19(14-15-5-9-17(10-6-15)24(2)3)29-21(25)23-30(27,28)18-11-7-16(22)8-12-18/h4-12,14H,1,13H2,2-3H3. The molecule has 0 radical (unpaired) electrons. The number of anilines is 1. The van der Waals surface area contributed by atoms with Gasteiger partial charge in [0.25, 0.3) is 15.9 Å². The summed E-state index contributed by atoms with van der Waals surface area (Å²) in [5.41, 5.74) is 1.86. The summed E-state index contributed by atoms with van der Waals surface area (Å²) in [6.45, 7) is 3.80. The van der Waals surface area contributed by atoms with Gasteiger partial charge in [-0.1, -0.05) is 29.8 Å². The van der Waals surface area contributed by atoms with Crippen molar-refractivity contribution in [1.29, 1.82) is 0 Å². The second kappa shape index (κ2) is 9.07. The number of hydrogen-bond donors (Lipinski definition) is 0. The molecule has 0 bridgehead atoms. The van der Waals surface area contributed by atoms with Gasteiger partial charge in [-0.3, -0.25) is 9.69 Å². The van der Waals surface area contributed by atoms with Gasteiger partial charge < -0.3 is 4.90 Å². The van der Waals surface area contributed by atoms with Crippen LogP contribution in [0.25, 0.3) is 6.08 Å². The fraction of sp³-hybridized carbons (Fsp3) is 0.143. The Morgan fingerprint density at radius 3 is 2.33 bits per heavy atom. The van der Waals surface area contributed by atoms with E-state index in [9.17, 15) is 13.2 Å². The highest BCUT2D eigenvalue weighted by Crippen LogP contribution is 2.34. The molecule has 9 heteroatoms. The van der Waals surface area contributed by atoms with Crippen molar-refractivity contribution >= 4 is 56.2 Å². The topological polar surface area (TPSA) is 70.1 Å². The lowest BCUT2D eigenvalue weighted by Crippen LogP contribution is -2.29. The van der Waals surface area contributed by atoms with Crippen LogP contribution in [-0.2, 0) is 14.8 Å². The molecule has 6 nitrogen and oxygen atoms in total. The lowest BCUT2D eigenvalue weighted by molar-refractivity contribution is -0.121. The molecule has 0 atom stereocenters. The molecular formula is C21H20ClN3O3S2. The highest BCUT2D eigenvalue weighted by atomic mass is 35.5. The van der Waals surface area contributed by atoms with Gasteiger partial charge in [0.1, 0.15) is 0 Å². The number of nitrogens with zero attached hydrogens (tertiary/aromatic N) is 3. The number of thioether (sulfide) groups is 1. The minimum Gasteiger partial charge on any atom is -0.378 e. The van der Waals surface area contributed by atoms with E-state index in [1.165, 1.54) is 35.2 Å². The molecule has 0 N–H and O–H groups in total. The van der Waals surface area contributed by atoms with Crippen molar-refractivity contribution in [1.82, 2.24) is 4.90 Å². The zero-order valence-corrected chi connectivity index (χ0v) is 18.8. The van der Waals surface area contributed by atoms with E-state index in [0.29, 0.717) is 9.93 Å². The van der Waals surface area contributed by atoms with Gasteiger partial charge in [-0.25, -0.2) is 0 Å². The van der Waals surface area contributed by atoms with Gasteiger partial charge in [-0.15, -0.1) is 11.0 Å². The van der Waals surface area contributed by atoms with Gasteiger partial charge in [0.15, 0.2) is 5.17 Å². The molecule has 0 unspecified atom stereocenters. The number of carbonyl (C=O) groups excluding carboxylic acids is 1. The van der Waals surface area contributed by atoms with Crippen LogP contribution in [0.1, 0.15) is 5.56 Å². The minimum absolute atomic E-state index is 0.00251. The number of carbonyl (C=O) groups is 1. The lowest BCUT2D eigenvalue weighted by atomic mass is 10.2. The van der Waals surface area contributed by atoms with Crippen LogP contribution in [0.4, 0.5) is 5.69 Å². The molecule has 156 valence electrons. The lowest BCUT2D eigenvalue weighted by Gasteiger charge is -2.12.